The molecule has 0 unspecified atom stereocenters. The van der Waals surface area contributed by atoms with E-state index in [1.165, 1.54) is 38.5 Å². The highest BCUT2D eigenvalue weighted by Gasteiger charge is 2.05. The molecule has 0 aliphatic heterocycles. The van der Waals surface area contributed by atoms with Crippen molar-refractivity contribution in [2.45, 2.75) is 52.0 Å². The molecule has 2 heterocycles. The minimum Gasteiger partial charge on any atom is -0.329 e. The Hall–Kier alpha value is -0.680. The van der Waals surface area contributed by atoms with Crippen molar-refractivity contribution in [3.63, 3.8) is 0 Å². The van der Waals surface area contributed by atoms with Gasteiger partial charge in [-0.1, -0.05) is 39.0 Å². The number of aromatic amines is 1. The molecule has 5 heteroatoms. The van der Waals surface area contributed by atoms with Gasteiger partial charge in [-0.05, 0) is 40.6 Å². The summed E-state index contributed by atoms with van der Waals surface area (Å²) >= 11 is 8.80. The second-order valence-electron chi connectivity index (χ2n) is 4.87. The summed E-state index contributed by atoms with van der Waals surface area (Å²) < 4.78 is 3.86. The molecule has 0 radical (unpaired) electrons. The first-order valence-electron chi connectivity index (χ1n) is 6.96. The van der Waals surface area contributed by atoms with Crippen LogP contribution in [-0.2, 0) is 6.54 Å². The fourth-order valence-corrected chi connectivity index (χ4v) is 2.89. The van der Waals surface area contributed by atoms with E-state index in [1.54, 1.807) is 0 Å². The number of H-pyrrole nitrogens is 1. The molecule has 0 atom stereocenters. The summed E-state index contributed by atoms with van der Waals surface area (Å²) in [6, 6.07) is 2.02. The van der Waals surface area contributed by atoms with Gasteiger partial charge in [0.25, 0.3) is 0 Å². The van der Waals surface area contributed by atoms with E-state index in [-0.39, 0.29) is 0 Å². The third kappa shape index (κ3) is 3.89. The number of nitrogens with one attached hydrogen (secondary N) is 1. The monoisotopic (exact) mass is 341 g/mol. The van der Waals surface area contributed by atoms with E-state index < -0.39 is 0 Å². The standard InChI is InChI=1S/C14H20BrN3S/c1-2-3-4-5-6-7-8-18-13-12(17-14(18)19)9-11(15)10-16-13/h9-10H,2-8H2,1H3,(H,17,19). The smallest absolute Gasteiger partial charge is 0.179 e. The van der Waals surface area contributed by atoms with E-state index >= 15 is 0 Å². The fraction of sp³-hybridized carbons (Fsp3) is 0.571. The molecule has 0 aliphatic carbocycles. The molecule has 0 amide bonds. The van der Waals surface area contributed by atoms with E-state index in [0.29, 0.717) is 0 Å². The Bertz CT molecular complexity index is 588. The van der Waals surface area contributed by atoms with Gasteiger partial charge >= 0.3 is 0 Å². The molecule has 0 saturated heterocycles. The van der Waals surface area contributed by atoms with Crippen LogP contribution in [0, 0.1) is 4.77 Å². The maximum atomic E-state index is 5.37. The lowest BCUT2D eigenvalue weighted by Crippen LogP contribution is -1.99. The predicted octanol–water partition coefficient (Wildman–Crippen LogP) is 5.22. The lowest BCUT2D eigenvalue weighted by molar-refractivity contribution is 0.560. The number of rotatable bonds is 7. The number of nitrogens with zero attached hydrogens (tertiary/aromatic N) is 2. The molecule has 2 aromatic rings. The second kappa shape index (κ2) is 7.20. The number of pyridine rings is 1. The minimum atomic E-state index is 0.772. The molecule has 3 nitrogen and oxygen atoms in total. The summed E-state index contributed by atoms with van der Waals surface area (Å²) in [5.41, 5.74) is 1.96. The van der Waals surface area contributed by atoms with Gasteiger partial charge in [0, 0.05) is 17.2 Å². The van der Waals surface area contributed by atoms with Crippen molar-refractivity contribution in [3.8, 4) is 0 Å². The molecule has 0 bridgehead atoms. The van der Waals surface area contributed by atoms with E-state index in [9.17, 15) is 0 Å². The zero-order chi connectivity index (χ0) is 13.7. The Balaban J connectivity index is 1.97. The molecule has 0 aromatic carbocycles. The van der Waals surface area contributed by atoms with Gasteiger partial charge in [-0.3, -0.25) is 0 Å². The van der Waals surface area contributed by atoms with Gasteiger partial charge in [-0.25, -0.2) is 4.98 Å². The second-order valence-corrected chi connectivity index (χ2v) is 6.18. The summed E-state index contributed by atoms with van der Waals surface area (Å²) in [6.45, 7) is 3.20. The van der Waals surface area contributed by atoms with Crippen LogP contribution in [0.15, 0.2) is 16.7 Å². The van der Waals surface area contributed by atoms with E-state index in [0.717, 1.165) is 27.0 Å². The van der Waals surface area contributed by atoms with Crippen LogP contribution in [0.4, 0.5) is 0 Å². The predicted molar refractivity (Wildman–Crippen MR) is 86.0 cm³/mol. The highest BCUT2D eigenvalue weighted by Crippen LogP contribution is 2.17. The molecule has 0 spiro atoms. The Morgan fingerprint density at radius 2 is 2.00 bits per heavy atom. The zero-order valence-electron chi connectivity index (χ0n) is 11.3. The van der Waals surface area contributed by atoms with Crippen molar-refractivity contribution in [3.05, 3.63) is 21.5 Å². The lowest BCUT2D eigenvalue weighted by atomic mass is 10.1. The van der Waals surface area contributed by atoms with Crippen molar-refractivity contribution >= 4 is 39.3 Å². The Labute approximate surface area is 127 Å². The van der Waals surface area contributed by atoms with Gasteiger partial charge < -0.3 is 9.55 Å². The van der Waals surface area contributed by atoms with Crippen LogP contribution in [0.5, 0.6) is 0 Å². The molecular formula is C14H20BrN3S. The lowest BCUT2D eigenvalue weighted by Gasteiger charge is -2.04. The molecule has 0 saturated carbocycles. The zero-order valence-corrected chi connectivity index (χ0v) is 13.7. The number of fused-ring (bicyclic) bond motifs is 1. The average molecular weight is 342 g/mol. The van der Waals surface area contributed by atoms with Crippen LogP contribution in [0.25, 0.3) is 11.2 Å². The van der Waals surface area contributed by atoms with Gasteiger partial charge in [0.1, 0.15) is 0 Å². The van der Waals surface area contributed by atoms with E-state index in [4.69, 9.17) is 12.2 Å². The third-order valence-electron chi connectivity index (χ3n) is 3.31. The largest absolute Gasteiger partial charge is 0.329 e. The molecule has 2 aromatic heterocycles. The van der Waals surface area contributed by atoms with Gasteiger partial charge in [0.2, 0.25) is 0 Å². The molecule has 2 rings (SSSR count). The third-order valence-corrected chi connectivity index (χ3v) is 4.07. The number of unbranched alkanes of at least 4 members (excludes halogenated alkanes) is 5. The number of aromatic nitrogens is 3. The normalized spacial score (nSPS) is 11.3. The van der Waals surface area contributed by atoms with Gasteiger partial charge in [-0.15, -0.1) is 0 Å². The summed E-state index contributed by atoms with van der Waals surface area (Å²) in [4.78, 5) is 7.66. The SMILES string of the molecule is CCCCCCCCn1c(=S)[nH]c2cc(Br)cnc21. The highest BCUT2D eigenvalue weighted by molar-refractivity contribution is 9.10. The van der Waals surface area contributed by atoms with E-state index in [2.05, 4.69) is 37.4 Å². The quantitative estimate of drug-likeness (QED) is 0.553. The number of halogens is 1. The maximum Gasteiger partial charge on any atom is 0.179 e. The first kappa shape index (κ1) is 14.7. The molecular weight excluding hydrogens is 322 g/mol. The van der Waals surface area contributed by atoms with Crippen LogP contribution in [0.1, 0.15) is 45.4 Å². The van der Waals surface area contributed by atoms with E-state index in [1.807, 2.05) is 12.3 Å². The van der Waals surface area contributed by atoms with Crippen LogP contribution in [0.2, 0.25) is 0 Å². The minimum absolute atomic E-state index is 0.772. The first-order chi connectivity index (χ1) is 9.22. The molecule has 19 heavy (non-hydrogen) atoms. The number of hydrogen-bond acceptors (Lipinski definition) is 2. The highest BCUT2D eigenvalue weighted by atomic mass is 79.9. The first-order valence-corrected chi connectivity index (χ1v) is 8.16. The molecule has 0 aliphatic rings. The average Bonchev–Trinajstić information content (AvgIpc) is 2.69. The Kier molecular flexibility index (Phi) is 5.58. The summed E-state index contributed by atoms with van der Waals surface area (Å²) in [7, 11) is 0. The van der Waals surface area contributed by atoms with Crippen molar-refractivity contribution in [2.24, 2.45) is 0 Å². The summed E-state index contributed by atoms with van der Waals surface area (Å²) in [6.07, 6.45) is 9.58. The Morgan fingerprint density at radius 1 is 1.26 bits per heavy atom. The van der Waals surface area contributed by atoms with Gasteiger partial charge in [0.05, 0.1) is 5.52 Å². The number of imidazole rings is 1. The molecule has 104 valence electrons. The number of aryl methyl sites for hydroxylation is 1. The topological polar surface area (TPSA) is 33.6 Å². The Morgan fingerprint density at radius 3 is 2.79 bits per heavy atom. The van der Waals surface area contributed by atoms with Crippen LogP contribution in [0.3, 0.4) is 0 Å². The fourth-order valence-electron chi connectivity index (χ4n) is 2.28. The van der Waals surface area contributed by atoms with Crippen LogP contribution in [-0.4, -0.2) is 14.5 Å². The van der Waals surface area contributed by atoms with Crippen LogP contribution < -0.4 is 0 Å². The van der Waals surface area contributed by atoms with Gasteiger partial charge in [0.15, 0.2) is 10.4 Å². The van der Waals surface area contributed by atoms with Crippen LogP contribution >= 0.6 is 28.1 Å². The molecule has 0 fully saturated rings. The van der Waals surface area contributed by atoms with Crippen molar-refractivity contribution in [1.29, 1.82) is 0 Å². The number of hydrogen-bond donors (Lipinski definition) is 1. The van der Waals surface area contributed by atoms with Crippen molar-refractivity contribution in [2.75, 3.05) is 0 Å². The van der Waals surface area contributed by atoms with Crippen molar-refractivity contribution < 1.29 is 0 Å². The van der Waals surface area contributed by atoms with Crippen molar-refractivity contribution in [1.82, 2.24) is 14.5 Å². The summed E-state index contributed by atoms with van der Waals surface area (Å²) in [5.74, 6) is 0. The summed E-state index contributed by atoms with van der Waals surface area (Å²) in [5, 5.41) is 0. The maximum absolute atomic E-state index is 5.37. The van der Waals surface area contributed by atoms with Gasteiger partial charge in [-0.2, -0.15) is 0 Å². The molecule has 1 N–H and O–H groups in total.